The number of fused-ring (bicyclic) bond motifs is 1. The van der Waals surface area contributed by atoms with Gasteiger partial charge in [-0.1, -0.05) is 54.6 Å². The standard InChI is InChI=1S/C20H14IN3S/c21-17-10-8-15(9-11-17)19-13-25-20(23-19)24-22-12-16-6-3-5-14-4-1-2-7-18(14)16/h1-13H,(H,23,24)/b22-12+. The van der Waals surface area contributed by atoms with E-state index in [-0.39, 0.29) is 0 Å². The zero-order valence-corrected chi connectivity index (χ0v) is 16.2. The third-order valence-corrected chi connectivity index (χ3v) is 5.30. The maximum atomic E-state index is 4.59. The Hall–Kier alpha value is -2.25. The second-order valence-electron chi connectivity index (χ2n) is 5.48. The normalized spacial score (nSPS) is 11.2. The molecular formula is C20H14IN3S. The summed E-state index contributed by atoms with van der Waals surface area (Å²) in [4.78, 5) is 4.59. The van der Waals surface area contributed by atoms with Crippen LogP contribution in [0, 0.1) is 3.57 Å². The van der Waals surface area contributed by atoms with Crippen molar-refractivity contribution >= 4 is 56.0 Å². The maximum absolute atomic E-state index is 4.59. The number of benzene rings is 3. The van der Waals surface area contributed by atoms with E-state index in [1.54, 1.807) is 11.3 Å². The van der Waals surface area contributed by atoms with Gasteiger partial charge >= 0.3 is 0 Å². The highest BCUT2D eigenvalue weighted by atomic mass is 127. The van der Waals surface area contributed by atoms with E-state index in [0.29, 0.717) is 0 Å². The molecule has 122 valence electrons. The Bertz CT molecular complexity index is 1030. The van der Waals surface area contributed by atoms with Crippen molar-refractivity contribution in [3.63, 3.8) is 0 Å². The molecule has 25 heavy (non-hydrogen) atoms. The monoisotopic (exact) mass is 455 g/mol. The number of thiazole rings is 1. The van der Waals surface area contributed by atoms with E-state index < -0.39 is 0 Å². The molecule has 5 heteroatoms. The van der Waals surface area contributed by atoms with E-state index >= 15 is 0 Å². The van der Waals surface area contributed by atoms with Gasteiger partial charge in [-0.25, -0.2) is 4.98 Å². The van der Waals surface area contributed by atoms with Crippen molar-refractivity contribution < 1.29 is 0 Å². The van der Waals surface area contributed by atoms with E-state index in [1.807, 2.05) is 29.8 Å². The quantitative estimate of drug-likeness (QED) is 0.232. The number of nitrogens with zero attached hydrogens (tertiary/aromatic N) is 2. The van der Waals surface area contributed by atoms with Gasteiger partial charge in [-0.05, 0) is 45.5 Å². The molecule has 4 aromatic rings. The lowest BCUT2D eigenvalue weighted by atomic mass is 10.1. The minimum Gasteiger partial charge on any atom is -0.253 e. The second-order valence-corrected chi connectivity index (χ2v) is 7.59. The molecule has 0 aliphatic carbocycles. The smallest absolute Gasteiger partial charge is 0.203 e. The Morgan fingerprint density at radius 3 is 2.64 bits per heavy atom. The number of hydrogen-bond acceptors (Lipinski definition) is 4. The molecule has 1 N–H and O–H groups in total. The van der Waals surface area contributed by atoms with Crippen LogP contribution in [-0.4, -0.2) is 11.2 Å². The summed E-state index contributed by atoms with van der Waals surface area (Å²) in [5.41, 5.74) is 6.19. The third kappa shape index (κ3) is 3.72. The summed E-state index contributed by atoms with van der Waals surface area (Å²) >= 11 is 3.85. The van der Waals surface area contributed by atoms with Crippen LogP contribution in [0.1, 0.15) is 5.56 Å². The zero-order chi connectivity index (χ0) is 17.1. The molecule has 3 nitrogen and oxygen atoms in total. The Morgan fingerprint density at radius 2 is 1.76 bits per heavy atom. The van der Waals surface area contributed by atoms with Crippen LogP contribution in [-0.2, 0) is 0 Å². The molecule has 0 bridgehead atoms. The summed E-state index contributed by atoms with van der Waals surface area (Å²) in [6.45, 7) is 0. The summed E-state index contributed by atoms with van der Waals surface area (Å²) in [7, 11) is 0. The molecule has 0 atom stereocenters. The van der Waals surface area contributed by atoms with Crippen LogP contribution < -0.4 is 5.43 Å². The van der Waals surface area contributed by atoms with Gasteiger partial charge in [0.15, 0.2) is 0 Å². The van der Waals surface area contributed by atoms with Gasteiger partial charge in [0, 0.05) is 20.1 Å². The van der Waals surface area contributed by atoms with Gasteiger partial charge in [-0.2, -0.15) is 5.10 Å². The summed E-state index contributed by atoms with van der Waals surface area (Å²) in [6, 6.07) is 22.8. The SMILES string of the molecule is Ic1ccc(-c2csc(N/N=C/c3cccc4ccccc34)n2)cc1. The molecule has 0 saturated heterocycles. The summed E-state index contributed by atoms with van der Waals surface area (Å²) in [6.07, 6.45) is 1.84. The van der Waals surface area contributed by atoms with E-state index in [9.17, 15) is 0 Å². The van der Waals surface area contributed by atoms with Crippen molar-refractivity contribution in [1.29, 1.82) is 0 Å². The van der Waals surface area contributed by atoms with Crippen LogP contribution in [0.2, 0.25) is 0 Å². The molecule has 1 aromatic heterocycles. The number of aromatic nitrogens is 1. The van der Waals surface area contributed by atoms with Crippen molar-refractivity contribution in [3.8, 4) is 11.3 Å². The molecule has 0 spiro atoms. The highest BCUT2D eigenvalue weighted by molar-refractivity contribution is 14.1. The van der Waals surface area contributed by atoms with Crippen LogP contribution in [0.25, 0.3) is 22.0 Å². The van der Waals surface area contributed by atoms with E-state index in [0.717, 1.165) is 22.0 Å². The average Bonchev–Trinajstić information content (AvgIpc) is 3.11. The highest BCUT2D eigenvalue weighted by Gasteiger charge is 2.04. The predicted molar refractivity (Wildman–Crippen MR) is 115 cm³/mol. The van der Waals surface area contributed by atoms with Gasteiger partial charge in [0.2, 0.25) is 5.13 Å². The first kappa shape index (κ1) is 16.2. The Labute approximate surface area is 163 Å². The van der Waals surface area contributed by atoms with Crippen LogP contribution in [0.5, 0.6) is 0 Å². The topological polar surface area (TPSA) is 37.3 Å². The van der Waals surface area contributed by atoms with E-state index in [4.69, 9.17) is 0 Å². The van der Waals surface area contributed by atoms with E-state index in [2.05, 4.69) is 86.6 Å². The highest BCUT2D eigenvalue weighted by Crippen LogP contribution is 2.25. The van der Waals surface area contributed by atoms with Crippen LogP contribution in [0.3, 0.4) is 0 Å². The first-order valence-electron chi connectivity index (χ1n) is 7.78. The van der Waals surface area contributed by atoms with Gasteiger partial charge in [0.1, 0.15) is 0 Å². The third-order valence-electron chi connectivity index (χ3n) is 3.83. The predicted octanol–water partition coefficient (Wildman–Crippen LogP) is 6.01. The van der Waals surface area contributed by atoms with Gasteiger partial charge in [0.05, 0.1) is 11.9 Å². The van der Waals surface area contributed by atoms with Crippen molar-refractivity contribution in [2.45, 2.75) is 0 Å². The lowest BCUT2D eigenvalue weighted by molar-refractivity contribution is 1.29. The Kier molecular flexibility index (Phi) is 4.76. The maximum Gasteiger partial charge on any atom is 0.203 e. The number of hydrazone groups is 1. The van der Waals surface area contributed by atoms with Crippen molar-refractivity contribution in [3.05, 3.63) is 81.2 Å². The number of nitrogens with one attached hydrogen (secondary N) is 1. The van der Waals surface area contributed by atoms with E-state index in [1.165, 1.54) is 14.3 Å². The van der Waals surface area contributed by atoms with Gasteiger partial charge in [0.25, 0.3) is 0 Å². The van der Waals surface area contributed by atoms with Gasteiger partial charge < -0.3 is 0 Å². The fraction of sp³-hybridized carbons (Fsp3) is 0. The first-order valence-corrected chi connectivity index (χ1v) is 9.74. The number of anilines is 1. The van der Waals surface area contributed by atoms with Crippen LogP contribution in [0.15, 0.2) is 77.2 Å². The molecule has 0 unspecified atom stereocenters. The molecule has 1 heterocycles. The number of rotatable bonds is 4. The molecule has 4 rings (SSSR count). The number of hydrogen-bond donors (Lipinski definition) is 1. The fourth-order valence-electron chi connectivity index (χ4n) is 2.60. The summed E-state index contributed by atoms with van der Waals surface area (Å²) in [5, 5.41) is 9.58. The van der Waals surface area contributed by atoms with Crippen molar-refractivity contribution in [1.82, 2.24) is 4.98 Å². The molecule has 0 radical (unpaired) electrons. The molecule has 0 saturated carbocycles. The minimum absolute atomic E-state index is 0.782. The molecule has 0 aliphatic rings. The number of halogens is 1. The zero-order valence-electron chi connectivity index (χ0n) is 13.2. The lowest BCUT2D eigenvalue weighted by Gasteiger charge is -2.01. The first-order chi connectivity index (χ1) is 12.3. The van der Waals surface area contributed by atoms with Crippen molar-refractivity contribution in [2.75, 3.05) is 5.43 Å². The summed E-state index contributed by atoms with van der Waals surface area (Å²) < 4.78 is 1.22. The summed E-state index contributed by atoms with van der Waals surface area (Å²) in [5.74, 6) is 0. The average molecular weight is 455 g/mol. The molecular weight excluding hydrogens is 441 g/mol. The molecule has 3 aromatic carbocycles. The van der Waals surface area contributed by atoms with Crippen LogP contribution >= 0.6 is 33.9 Å². The second kappa shape index (κ2) is 7.33. The van der Waals surface area contributed by atoms with Crippen molar-refractivity contribution in [2.24, 2.45) is 5.10 Å². The Morgan fingerprint density at radius 1 is 0.960 bits per heavy atom. The molecule has 0 amide bonds. The van der Waals surface area contributed by atoms with Gasteiger partial charge in [-0.3, -0.25) is 5.43 Å². The van der Waals surface area contributed by atoms with Crippen LogP contribution in [0.4, 0.5) is 5.13 Å². The largest absolute Gasteiger partial charge is 0.253 e. The van der Waals surface area contributed by atoms with Gasteiger partial charge in [-0.15, -0.1) is 11.3 Å². The fourth-order valence-corrected chi connectivity index (χ4v) is 3.63. The lowest BCUT2D eigenvalue weighted by Crippen LogP contribution is -1.91. The minimum atomic E-state index is 0.782. The Balaban J connectivity index is 1.51. The molecule has 0 aliphatic heterocycles. The molecule has 0 fully saturated rings.